The number of hydrogen-bond donors (Lipinski definition) is 2. The summed E-state index contributed by atoms with van der Waals surface area (Å²) in [7, 11) is 2.89. The molecule has 0 aliphatic carbocycles. The smallest absolute Gasteiger partial charge is 0.337 e. The highest BCUT2D eigenvalue weighted by molar-refractivity contribution is 5.89. The molecule has 1 aromatic heterocycles. The molecule has 0 fully saturated rings. The number of aromatic nitrogens is 2. The zero-order valence-corrected chi connectivity index (χ0v) is 18.3. The van der Waals surface area contributed by atoms with Crippen molar-refractivity contribution in [3.05, 3.63) is 70.6 Å². The van der Waals surface area contributed by atoms with Crippen LogP contribution in [0.5, 0.6) is 17.4 Å². The van der Waals surface area contributed by atoms with Gasteiger partial charge in [0.15, 0.2) is 11.5 Å². The summed E-state index contributed by atoms with van der Waals surface area (Å²) in [6, 6.07) is 14.5. The average molecular weight is 446 g/mol. The first kappa shape index (κ1) is 21.8. The number of ether oxygens (including phenoxy) is 4. The van der Waals surface area contributed by atoms with Crippen LogP contribution in [0.4, 0.5) is 0 Å². The maximum atomic E-state index is 11.8. The number of rotatable bonds is 6. The van der Waals surface area contributed by atoms with Gasteiger partial charge in [0, 0.05) is 5.56 Å². The van der Waals surface area contributed by atoms with Crippen LogP contribution >= 0.6 is 0 Å². The molecule has 9 nitrogen and oxygen atoms in total. The lowest BCUT2D eigenvalue weighted by Gasteiger charge is -2.24. The van der Waals surface area contributed by atoms with E-state index in [9.17, 15) is 10.1 Å². The molecule has 33 heavy (non-hydrogen) atoms. The molecule has 0 radical (unpaired) electrons. The minimum absolute atomic E-state index is 0.0191. The third-order valence-electron chi connectivity index (χ3n) is 5.36. The Labute approximate surface area is 190 Å². The highest BCUT2D eigenvalue weighted by Gasteiger charge is 2.35. The van der Waals surface area contributed by atoms with E-state index in [1.165, 1.54) is 7.11 Å². The van der Waals surface area contributed by atoms with Crippen molar-refractivity contribution in [2.75, 3.05) is 20.8 Å². The number of nitrogens with one attached hydrogen (secondary N) is 1. The molecule has 0 bridgehead atoms. The molecule has 2 heterocycles. The number of aromatic amines is 1. The van der Waals surface area contributed by atoms with E-state index >= 15 is 0 Å². The molecule has 3 N–H and O–H groups in total. The lowest BCUT2D eigenvalue weighted by Crippen LogP contribution is -2.21. The number of carbonyl (C=O) groups excluding carboxylic acids is 1. The van der Waals surface area contributed by atoms with E-state index in [1.807, 2.05) is 25.1 Å². The van der Waals surface area contributed by atoms with Gasteiger partial charge in [0.2, 0.25) is 11.8 Å². The minimum atomic E-state index is -0.559. The van der Waals surface area contributed by atoms with E-state index in [1.54, 1.807) is 31.4 Å². The van der Waals surface area contributed by atoms with Crippen LogP contribution in [0.1, 0.15) is 34.3 Å². The topological polar surface area (TPSA) is 132 Å². The predicted molar refractivity (Wildman–Crippen MR) is 119 cm³/mol. The standard InChI is InChI=1S/C24H22N4O5/c1-4-32-17-10-9-15(11-18(17)30-2)21-20-19(13-5-7-14(8-6-13)24(29)31-3)16(12-25)22(26)33-23(20)28-27-21/h5-11,19H,4,26H2,1-3H3,(H,27,28)/t19-/m0/s1. The molecule has 1 atom stereocenters. The number of esters is 1. The van der Waals surface area contributed by atoms with Crippen LogP contribution < -0.4 is 19.9 Å². The van der Waals surface area contributed by atoms with E-state index in [-0.39, 0.29) is 17.3 Å². The summed E-state index contributed by atoms with van der Waals surface area (Å²) in [4.78, 5) is 11.8. The van der Waals surface area contributed by atoms with Crippen LogP contribution in [-0.4, -0.2) is 37.0 Å². The lowest BCUT2D eigenvalue weighted by molar-refractivity contribution is 0.0600. The highest BCUT2D eigenvalue weighted by atomic mass is 16.5. The van der Waals surface area contributed by atoms with Crippen LogP contribution in [0.25, 0.3) is 11.3 Å². The summed E-state index contributed by atoms with van der Waals surface area (Å²) in [5.41, 5.74) is 9.50. The van der Waals surface area contributed by atoms with Crippen molar-refractivity contribution in [2.24, 2.45) is 5.73 Å². The average Bonchev–Trinajstić information content (AvgIpc) is 3.26. The van der Waals surface area contributed by atoms with Gasteiger partial charge in [-0.25, -0.2) is 4.79 Å². The van der Waals surface area contributed by atoms with Gasteiger partial charge in [-0.3, -0.25) is 5.10 Å². The van der Waals surface area contributed by atoms with Crippen molar-refractivity contribution in [1.29, 1.82) is 5.26 Å². The van der Waals surface area contributed by atoms with Crippen molar-refractivity contribution in [2.45, 2.75) is 12.8 Å². The third-order valence-corrected chi connectivity index (χ3v) is 5.36. The second-order valence-electron chi connectivity index (χ2n) is 7.15. The Hall–Kier alpha value is -4.45. The number of methoxy groups -OCH3 is 2. The molecule has 168 valence electrons. The fourth-order valence-electron chi connectivity index (χ4n) is 3.83. The number of carbonyl (C=O) groups is 1. The molecule has 3 aromatic rings. The summed E-state index contributed by atoms with van der Waals surface area (Å²) in [6.07, 6.45) is 0. The number of fused-ring (bicyclic) bond motifs is 1. The number of allylic oxidation sites excluding steroid dienone is 1. The maximum Gasteiger partial charge on any atom is 0.337 e. The maximum absolute atomic E-state index is 11.8. The van der Waals surface area contributed by atoms with E-state index < -0.39 is 11.9 Å². The number of nitrogens with two attached hydrogens (primary N) is 1. The van der Waals surface area contributed by atoms with Crippen LogP contribution in [0.15, 0.2) is 53.9 Å². The molecule has 4 rings (SSSR count). The number of benzene rings is 2. The monoisotopic (exact) mass is 446 g/mol. The number of nitrogens with zero attached hydrogens (tertiary/aromatic N) is 2. The summed E-state index contributed by atoms with van der Waals surface area (Å²) < 4.78 is 21.5. The molecular weight excluding hydrogens is 424 g/mol. The summed E-state index contributed by atoms with van der Waals surface area (Å²) in [6.45, 7) is 2.40. The van der Waals surface area contributed by atoms with Crippen molar-refractivity contribution in [3.8, 4) is 34.7 Å². The zero-order chi connectivity index (χ0) is 23.5. The van der Waals surface area contributed by atoms with E-state index in [2.05, 4.69) is 16.3 Å². The summed E-state index contributed by atoms with van der Waals surface area (Å²) in [5.74, 6) is 0.423. The summed E-state index contributed by atoms with van der Waals surface area (Å²) in [5, 5.41) is 17.2. The SMILES string of the molecule is CCOc1ccc(-c2[nH]nc3c2[C@@H](c2ccc(C(=O)OC)cc2)C(C#N)=C(N)O3)cc1OC. The lowest BCUT2D eigenvalue weighted by atomic mass is 9.82. The van der Waals surface area contributed by atoms with Gasteiger partial charge in [-0.1, -0.05) is 12.1 Å². The van der Waals surface area contributed by atoms with E-state index in [0.29, 0.717) is 34.9 Å². The molecule has 1 aliphatic heterocycles. The van der Waals surface area contributed by atoms with Crippen molar-refractivity contribution in [1.82, 2.24) is 10.2 Å². The largest absolute Gasteiger partial charge is 0.493 e. The zero-order valence-electron chi connectivity index (χ0n) is 18.3. The van der Waals surface area contributed by atoms with Gasteiger partial charge in [0.25, 0.3) is 0 Å². The van der Waals surface area contributed by atoms with E-state index in [0.717, 1.165) is 11.1 Å². The first-order valence-corrected chi connectivity index (χ1v) is 10.2. The molecule has 0 amide bonds. The number of hydrogen-bond acceptors (Lipinski definition) is 8. The van der Waals surface area contributed by atoms with Gasteiger partial charge < -0.3 is 24.7 Å². The fraction of sp³-hybridized carbons (Fsp3) is 0.208. The molecule has 0 saturated heterocycles. The molecule has 0 unspecified atom stereocenters. The van der Waals surface area contributed by atoms with Crippen LogP contribution in [0.2, 0.25) is 0 Å². The van der Waals surface area contributed by atoms with Gasteiger partial charge in [0.05, 0.1) is 43.6 Å². The molecule has 2 aromatic carbocycles. The van der Waals surface area contributed by atoms with Gasteiger partial charge in [-0.2, -0.15) is 5.26 Å². The summed E-state index contributed by atoms with van der Waals surface area (Å²) >= 11 is 0. The molecular formula is C24H22N4O5. The molecule has 9 heteroatoms. The second kappa shape index (κ2) is 8.96. The Balaban J connectivity index is 1.85. The van der Waals surface area contributed by atoms with Gasteiger partial charge in [0.1, 0.15) is 11.6 Å². The minimum Gasteiger partial charge on any atom is -0.493 e. The van der Waals surface area contributed by atoms with Gasteiger partial charge in [-0.05, 0) is 42.8 Å². The Kier molecular flexibility index (Phi) is 5.91. The number of nitriles is 1. The Bertz CT molecular complexity index is 1270. The Morgan fingerprint density at radius 3 is 2.61 bits per heavy atom. The van der Waals surface area contributed by atoms with Crippen molar-refractivity contribution < 1.29 is 23.7 Å². The predicted octanol–water partition coefficient (Wildman–Crippen LogP) is 3.49. The van der Waals surface area contributed by atoms with Gasteiger partial charge in [-0.15, -0.1) is 5.10 Å². The Morgan fingerprint density at radius 2 is 1.97 bits per heavy atom. The van der Waals surface area contributed by atoms with Crippen molar-refractivity contribution >= 4 is 5.97 Å². The first-order chi connectivity index (χ1) is 16.0. The van der Waals surface area contributed by atoms with Crippen LogP contribution in [0, 0.1) is 11.3 Å². The highest BCUT2D eigenvalue weighted by Crippen LogP contribution is 2.46. The van der Waals surface area contributed by atoms with Crippen molar-refractivity contribution in [3.63, 3.8) is 0 Å². The van der Waals surface area contributed by atoms with Crippen LogP contribution in [-0.2, 0) is 4.74 Å². The Morgan fingerprint density at radius 1 is 1.21 bits per heavy atom. The van der Waals surface area contributed by atoms with E-state index in [4.69, 9.17) is 24.7 Å². The quantitative estimate of drug-likeness (QED) is 0.550. The second-order valence-corrected chi connectivity index (χ2v) is 7.15. The number of H-pyrrole nitrogens is 1. The van der Waals surface area contributed by atoms with Gasteiger partial charge >= 0.3 is 5.97 Å². The third kappa shape index (κ3) is 3.83. The molecule has 1 aliphatic rings. The molecule has 0 saturated carbocycles. The fourth-order valence-corrected chi connectivity index (χ4v) is 3.83. The first-order valence-electron chi connectivity index (χ1n) is 10.2. The normalized spacial score (nSPS) is 14.7. The molecule has 0 spiro atoms. The van der Waals surface area contributed by atoms with Crippen LogP contribution in [0.3, 0.4) is 0 Å².